The predicted octanol–water partition coefficient (Wildman–Crippen LogP) is 3.25. The third kappa shape index (κ3) is 3.85. The summed E-state index contributed by atoms with van der Waals surface area (Å²) in [7, 11) is 1.05. The van der Waals surface area contributed by atoms with Gasteiger partial charge in [0, 0.05) is 18.5 Å². The van der Waals surface area contributed by atoms with Crippen molar-refractivity contribution in [2.75, 3.05) is 27.5 Å². The molecule has 0 radical (unpaired) electrons. The van der Waals surface area contributed by atoms with Crippen LogP contribution in [0.5, 0.6) is 11.5 Å². The molecule has 24 heavy (non-hydrogen) atoms. The number of benzene rings is 2. The third-order valence-corrected chi connectivity index (χ3v) is 6.24. The van der Waals surface area contributed by atoms with Gasteiger partial charge in [0.05, 0.1) is 24.7 Å². The Hall–Kier alpha value is -1.70. The topological polar surface area (TPSA) is 55.8 Å². The van der Waals surface area contributed by atoms with Gasteiger partial charge in [-0.1, -0.05) is 6.07 Å². The summed E-state index contributed by atoms with van der Waals surface area (Å²) in [6, 6.07) is 12.2. The molecule has 0 aliphatic carbocycles. The first kappa shape index (κ1) is 18.6. The molecule has 5 nitrogen and oxygen atoms in total. The van der Waals surface area contributed by atoms with Crippen molar-refractivity contribution >= 4 is 21.8 Å². The van der Waals surface area contributed by atoms with E-state index < -0.39 is 10.0 Å². The summed E-state index contributed by atoms with van der Waals surface area (Å²) in [5, 5.41) is 0. The van der Waals surface area contributed by atoms with Gasteiger partial charge in [0.2, 0.25) is 10.0 Å². The second-order valence-corrected chi connectivity index (χ2v) is 8.00. The number of thioether (sulfide) groups is 1. The van der Waals surface area contributed by atoms with Crippen molar-refractivity contribution in [3.05, 3.63) is 48.0 Å². The highest BCUT2D eigenvalue weighted by Crippen LogP contribution is 2.31. The van der Waals surface area contributed by atoms with Crippen molar-refractivity contribution in [2.24, 2.45) is 0 Å². The molecule has 0 fully saturated rings. The first-order valence-corrected chi connectivity index (χ1v) is 9.90. The monoisotopic (exact) mass is 367 g/mol. The van der Waals surface area contributed by atoms with Crippen molar-refractivity contribution in [3.63, 3.8) is 0 Å². The molecule has 0 aromatic heterocycles. The maximum absolute atomic E-state index is 12.8. The largest absolute Gasteiger partial charge is 0.496 e. The molecule has 7 heteroatoms. The van der Waals surface area contributed by atoms with Gasteiger partial charge in [0.15, 0.2) is 0 Å². The maximum atomic E-state index is 12.8. The Balaban J connectivity index is 2.33. The zero-order valence-corrected chi connectivity index (χ0v) is 15.8. The Labute approximate surface area is 147 Å². The first-order valence-electron chi connectivity index (χ1n) is 7.24. The van der Waals surface area contributed by atoms with E-state index in [9.17, 15) is 8.42 Å². The Morgan fingerprint density at radius 3 is 2.00 bits per heavy atom. The first-order chi connectivity index (χ1) is 11.4. The Kier molecular flexibility index (Phi) is 6.15. The molecule has 0 spiro atoms. The van der Waals surface area contributed by atoms with Crippen LogP contribution >= 0.6 is 11.8 Å². The van der Waals surface area contributed by atoms with Crippen molar-refractivity contribution in [3.8, 4) is 11.5 Å². The summed E-state index contributed by atoms with van der Waals surface area (Å²) in [6.07, 6.45) is 1.95. The van der Waals surface area contributed by atoms with Gasteiger partial charge in [-0.2, -0.15) is 4.31 Å². The fourth-order valence-electron chi connectivity index (χ4n) is 2.32. The van der Waals surface area contributed by atoms with E-state index in [2.05, 4.69) is 0 Å². The van der Waals surface area contributed by atoms with Crippen LogP contribution in [0, 0.1) is 0 Å². The quantitative estimate of drug-likeness (QED) is 0.703. The minimum absolute atomic E-state index is 0.153. The van der Waals surface area contributed by atoms with Crippen LogP contribution in [0.3, 0.4) is 0 Å². The third-order valence-electron chi connectivity index (χ3n) is 3.68. The van der Waals surface area contributed by atoms with E-state index in [-0.39, 0.29) is 11.4 Å². The Morgan fingerprint density at radius 1 is 1.00 bits per heavy atom. The summed E-state index contributed by atoms with van der Waals surface area (Å²) in [4.78, 5) is 1.28. The molecule has 130 valence electrons. The fourth-order valence-corrected chi connectivity index (χ4v) is 3.87. The van der Waals surface area contributed by atoms with Gasteiger partial charge in [-0.3, -0.25) is 0 Å². The Bertz CT molecular complexity index is 766. The lowest BCUT2D eigenvalue weighted by Gasteiger charge is -2.20. The van der Waals surface area contributed by atoms with E-state index in [0.29, 0.717) is 17.1 Å². The van der Waals surface area contributed by atoms with E-state index in [1.165, 1.54) is 4.31 Å². The summed E-state index contributed by atoms with van der Waals surface area (Å²) in [5.41, 5.74) is 0.689. The summed E-state index contributed by atoms with van der Waals surface area (Å²) >= 11 is 1.57. The van der Waals surface area contributed by atoms with E-state index in [4.69, 9.17) is 9.47 Å². The summed E-state index contributed by atoms with van der Waals surface area (Å²) in [5.74, 6) is 1.18. The van der Waals surface area contributed by atoms with Crippen molar-refractivity contribution in [1.82, 2.24) is 4.31 Å². The zero-order valence-electron chi connectivity index (χ0n) is 14.1. The number of nitrogens with zero attached hydrogens (tertiary/aromatic N) is 1. The van der Waals surface area contributed by atoms with Crippen molar-refractivity contribution in [1.29, 1.82) is 0 Å². The predicted molar refractivity (Wildman–Crippen MR) is 96.4 cm³/mol. The van der Waals surface area contributed by atoms with Crippen LogP contribution in [0.25, 0.3) is 0 Å². The van der Waals surface area contributed by atoms with Crippen LogP contribution in [-0.2, 0) is 16.6 Å². The molecule has 0 saturated carbocycles. The number of hydrogen-bond acceptors (Lipinski definition) is 5. The van der Waals surface area contributed by atoms with Gasteiger partial charge < -0.3 is 9.47 Å². The smallest absolute Gasteiger partial charge is 0.243 e. The van der Waals surface area contributed by atoms with Gasteiger partial charge in [-0.05, 0) is 42.7 Å². The van der Waals surface area contributed by atoms with Crippen LogP contribution in [0.1, 0.15) is 5.56 Å². The standard InChI is InChI=1S/C17H21NO4S2/c1-18(12-15-16(21-2)6-5-7-17(15)22-3)24(19,20)14-10-8-13(23-4)9-11-14/h5-11H,12H2,1-4H3. The molecule has 0 unspecified atom stereocenters. The lowest BCUT2D eigenvalue weighted by Crippen LogP contribution is -2.27. The number of sulfonamides is 1. The molecular formula is C17H21NO4S2. The van der Waals surface area contributed by atoms with Crippen LogP contribution in [0.15, 0.2) is 52.3 Å². The summed E-state index contributed by atoms with van der Waals surface area (Å²) in [6.45, 7) is 0.153. The van der Waals surface area contributed by atoms with Crippen LogP contribution < -0.4 is 9.47 Å². The number of rotatable bonds is 7. The molecule has 0 bridgehead atoms. The molecule has 2 aromatic rings. The molecular weight excluding hydrogens is 346 g/mol. The van der Waals surface area contributed by atoms with Gasteiger partial charge in [0.1, 0.15) is 11.5 Å². The maximum Gasteiger partial charge on any atom is 0.243 e. The average molecular weight is 367 g/mol. The van der Waals surface area contributed by atoms with E-state index in [1.54, 1.807) is 75.5 Å². The van der Waals surface area contributed by atoms with Crippen LogP contribution in [-0.4, -0.2) is 40.2 Å². The molecule has 0 aliphatic rings. The van der Waals surface area contributed by atoms with Crippen molar-refractivity contribution < 1.29 is 17.9 Å². The lowest BCUT2D eigenvalue weighted by molar-refractivity contribution is 0.371. The minimum Gasteiger partial charge on any atom is -0.496 e. The molecule has 0 atom stereocenters. The number of hydrogen-bond donors (Lipinski definition) is 0. The second kappa shape index (κ2) is 7.92. The van der Waals surface area contributed by atoms with E-state index in [0.717, 1.165) is 4.90 Å². The molecule has 2 aromatic carbocycles. The molecule has 2 rings (SSSR count). The highest BCUT2D eigenvalue weighted by Gasteiger charge is 2.23. The van der Waals surface area contributed by atoms with Gasteiger partial charge in [-0.15, -0.1) is 11.8 Å². The molecule has 0 aliphatic heterocycles. The molecule has 0 amide bonds. The second-order valence-electron chi connectivity index (χ2n) is 5.08. The number of methoxy groups -OCH3 is 2. The van der Waals surface area contributed by atoms with E-state index in [1.807, 2.05) is 6.26 Å². The highest BCUT2D eigenvalue weighted by molar-refractivity contribution is 7.98. The molecule has 0 N–H and O–H groups in total. The SMILES string of the molecule is COc1cccc(OC)c1CN(C)S(=O)(=O)c1ccc(SC)cc1. The zero-order chi connectivity index (χ0) is 17.7. The lowest BCUT2D eigenvalue weighted by atomic mass is 10.1. The molecule has 0 saturated heterocycles. The normalized spacial score (nSPS) is 11.5. The van der Waals surface area contributed by atoms with Crippen LogP contribution in [0.4, 0.5) is 0 Å². The minimum atomic E-state index is -3.60. The fraction of sp³-hybridized carbons (Fsp3) is 0.294. The average Bonchev–Trinajstić information content (AvgIpc) is 2.61. The summed E-state index contributed by atoms with van der Waals surface area (Å²) < 4.78 is 37.5. The number of ether oxygens (including phenoxy) is 2. The Morgan fingerprint density at radius 2 is 1.54 bits per heavy atom. The van der Waals surface area contributed by atoms with Gasteiger partial charge >= 0.3 is 0 Å². The molecule has 0 heterocycles. The highest BCUT2D eigenvalue weighted by atomic mass is 32.2. The van der Waals surface area contributed by atoms with Crippen LogP contribution in [0.2, 0.25) is 0 Å². The van der Waals surface area contributed by atoms with Crippen molar-refractivity contribution in [2.45, 2.75) is 16.3 Å². The van der Waals surface area contributed by atoms with Gasteiger partial charge in [0.25, 0.3) is 0 Å². The van der Waals surface area contributed by atoms with E-state index >= 15 is 0 Å². The van der Waals surface area contributed by atoms with Gasteiger partial charge in [-0.25, -0.2) is 8.42 Å².